The predicted molar refractivity (Wildman–Crippen MR) is 80.2 cm³/mol. The van der Waals surface area contributed by atoms with Gasteiger partial charge in [0, 0.05) is 29.7 Å². The number of nitrogens with zero attached hydrogens (tertiary/aromatic N) is 2. The Hall–Kier alpha value is -0.810. The summed E-state index contributed by atoms with van der Waals surface area (Å²) in [5, 5.41) is 1.24. The van der Waals surface area contributed by atoms with E-state index in [0.29, 0.717) is 49.4 Å². The van der Waals surface area contributed by atoms with Crippen LogP contribution in [0.15, 0.2) is 18.2 Å². The van der Waals surface area contributed by atoms with Gasteiger partial charge in [-0.15, -0.1) is 0 Å². The van der Waals surface area contributed by atoms with E-state index in [9.17, 15) is 4.79 Å². The van der Waals surface area contributed by atoms with E-state index in [-0.39, 0.29) is 5.91 Å². The molecule has 0 atom stereocenters. The van der Waals surface area contributed by atoms with E-state index in [1.54, 1.807) is 12.1 Å². The summed E-state index contributed by atoms with van der Waals surface area (Å²) in [4.78, 5) is 15.9. The van der Waals surface area contributed by atoms with Gasteiger partial charge in [0.1, 0.15) is 0 Å². The number of amides is 1. The zero-order valence-corrected chi connectivity index (χ0v) is 13.0. The first kappa shape index (κ1) is 15.6. The summed E-state index contributed by atoms with van der Waals surface area (Å²) in [5.41, 5.74) is 0.966. The fraction of sp³-hybridized carbons (Fsp3) is 0.500. The molecular formula is C14H18Cl2N2O2. The first-order chi connectivity index (χ1) is 9.56. The summed E-state index contributed by atoms with van der Waals surface area (Å²) in [7, 11) is 1.91. The Labute approximate surface area is 129 Å². The van der Waals surface area contributed by atoms with Crippen LogP contribution in [0, 0.1) is 0 Å². The highest BCUT2D eigenvalue weighted by molar-refractivity contribution is 6.35. The quantitative estimate of drug-likeness (QED) is 0.854. The second-order valence-corrected chi connectivity index (χ2v) is 5.74. The minimum absolute atomic E-state index is 0.126. The maximum absolute atomic E-state index is 12.1. The van der Waals surface area contributed by atoms with Gasteiger partial charge in [-0.1, -0.05) is 29.3 Å². The lowest BCUT2D eigenvalue weighted by atomic mass is 10.2. The highest BCUT2D eigenvalue weighted by atomic mass is 35.5. The van der Waals surface area contributed by atoms with Crippen molar-refractivity contribution in [1.82, 2.24) is 9.80 Å². The summed E-state index contributed by atoms with van der Waals surface area (Å²) in [6, 6.07) is 5.41. The molecule has 1 fully saturated rings. The third kappa shape index (κ3) is 4.35. The van der Waals surface area contributed by atoms with Crippen LogP contribution >= 0.6 is 23.2 Å². The van der Waals surface area contributed by atoms with Gasteiger partial charge < -0.3 is 9.64 Å². The molecule has 1 aromatic rings. The molecular weight excluding hydrogens is 299 g/mol. The van der Waals surface area contributed by atoms with Gasteiger partial charge in [-0.05, 0) is 24.7 Å². The highest BCUT2D eigenvalue weighted by Gasteiger charge is 2.18. The highest BCUT2D eigenvalue weighted by Crippen LogP contribution is 2.21. The summed E-state index contributed by atoms with van der Waals surface area (Å²) in [6.07, 6.45) is 0. The number of hydrogen-bond acceptors (Lipinski definition) is 3. The molecule has 110 valence electrons. The molecule has 1 saturated heterocycles. The molecule has 4 nitrogen and oxygen atoms in total. The van der Waals surface area contributed by atoms with Crippen LogP contribution in [0.2, 0.25) is 10.0 Å². The molecule has 0 saturated carbocycles. The van der Waals surface area contributed by atoms with Crippen LogP contribution < -0.4 is 0 Å². The van der Waals surface area contributed by atoms with E-state index in [4.69, 9.17) is 27.9 Å². The average Bonchev–Trinajstić information content (AvgIpc) is 2.43. The van der Waals surface area contributed by atoms with Crippen molar-refractivity contribution in [3.8, 4) is 0 Å². The lowest BCUT2D eigenvalue weighted by Crippen LogP contribution is -2.44. The van der Waals surface area contributed by atoms with Crippen molar-refractivity contribution in [2.24, 2.45) is 0 Å². The number of carbonyl (C=O) groups is 1. The van der Waals surface area contributed by atoms with E-state index in [1.807, 2.05) is 22.9 Å². The molecule has 0 aliphatic carbocycles. The number of hydrogen-bond donors (Lipinski definition) is 0. The normalized spacial score (nSPS) is 15.7. The largest absolute Gasteiger partial charge is 0.378 e. The zero-order valence-electron chi connectivity index (χ0n) is 11.4. The summed E-state index contributed by atoms with van der Waals surface area (Å²) >= 11 is 12.0. The Kier molecular flexibility index (Phi) is 5.66. The van der Waals surface area contributed by atoms with Crippen LogP contribution in [0.5, 0.6) is 0 Å². The smallest absolute Gasteiger partial charge is 0.236 e. The van der Waals surface area contributed by atoms with Gasteiger partial charge in [0.25, 0.3) is 0 Å². The van der Waals surface area contributed by atoms with E-state index < -0.39 is 0 Å². The Morgan fingerprint density at radius 2 is 2.05 bits per heavy atom. The minimum Gasteiger partial charge on any atom is -0.378 e. The van der Waals surface area contributed by atoms with Gasteiger partial charge in [-0.2, -0.15) is 0 Å². The molecule has 0 spiro atoms. The van der Waals surface area contributed by atoms with Crippen molar-refractivity contribution in [2.75, 3.05) is 39.9 Å². The molecule has 1 aliphatic rings. The van der Waals surface area contributed by atoms with Crippen LogP contribution in [-0.2, 0) is 16.1 Å². The molecule has 2 rings (SSSR count). The number of ether oxygens (including phenoxy) is 1. The molecule has 0 N–H and O–H groups in total. The summed E-state index contributed by atoms with van der Waals surface area (Å²) in [5.74, 6) is 0.126. The van der Waals surface area contributed by atoms with Crippen molar-refractivity contribution < 1.29 is 9.53 Å². The molecule has 1 heterocycles. The van der Waals surface area contributed by atoms with Crippen molar-refractivity contribution >= 4 is 29.1 Å². The van der Waals surface area contributed by atoms with Crippen molar-refractivity contribution in [3.63, 3.8) is 0 Å². The van der Waals surface area contributed by atoms with Gasteiger partial charge >= 0.3 is 0 Å². The van der Waals surface area contributed by atoms with E-state index in [1.165, 1.54) is 0 Å². The SMILES string of the molecule is CN(CC(=O)N1CCOCC1)Cc1ccc(Cl)cc1Cl. The fourth-order valence-electron chi connectivity index (χ4n) is 2.14. The van der Waals surface area contributed by atoms with E-state index >= 15 is 0 Å². The summed E-state index contributed by atoms with van der Waals surface area (Å²) in [6.45, 7) is 3.59. The number of likely N-dealkylation sites (N-methyl/N-ethyl adjacent to an activating group) is 1. The van der Waals surface area contributed by atoms with Crippen LogP contribution in [0.1, 0.15) is 5.56 Å². The van der Waals surface area contributed by atoms with E-state index in [2.05, 4.69) is 0 Å². The predicted octanol–water partition coefficient (Wildman–Crippen LogP) is 2.28. The second kappa shape index (κ2) is 7.27. The molecule has 1 aromatic carbocycles. The molecule has 1 amide bonds. The number of benzene rings is 1. The van der Waals surface area contributed by atoms with Crippen LogP contribution in [-0.4, -0.2) is 55.6 Å². The number of morpholine rings is 1. The van der Waals surface area contributed by atoms with Crippen LogP contribution in [0.25, 0.3) is 0 Å². The number of carbonyl (C=O) groups excluding carboxylic acids is 1. The van der Waals surface area contributed by atoms with Gasteiger partial charge in [0.05, 0.1) is 19.8 Å². The Bertz CT molecular complexity index is 476. The van der Waals surface area contributed by atoms with Gasteiger partial charge in [-0.25, -0.2) is 0 Å². The topological polar surface area (TPSA) is 32.8 Å². The second-order valence-electron chi connectivity index (χ2n) is 4.90. The lowest BCUT2D eigenvalue weighted by Gasteiger charge is -2.28. The van der Waals surface area contributed by atoms with Crippen molar-refractivity contribution in [3.05, 3.63) is 33.8 Å². The van der Waals surface area contributed by atoms with Crippen molar-refractivity contribution in [2.45, 2.75) is 6.54 Å². The maximum Gasteiger partial charge on any atom is 0.236 e. The molecule has 6 heteroatoms. The molecule has 0 aromatic heterocycles. The van der Waals surface area contributed by atoms with Crippen LogP contribution in [0.3, 0.4) is 0 Å². The van der Waals surface area contributed by atoms with Crippen molar-refractivity contribution in [1.29, 1.82) is 0 Å². The average molecular weight is 317 g/mol. The molecule has 20 heavy (non-hydrogen) atoms. The molecule has 0 unspecified atom stereocenters. The Balaban J connectivity index is 1.88. The molecule has 1 aliphatic heterocycles. The standard InChI is InChI=1S/C14H18Cl2N2O2/c1-17(9-11-2-3-12(15)8-13(11)16)10-14(19)18-4-6-20-7-5-18/h2-3,8H,4-7,9-10H2,1H3. The first-order valence-corrected chi connectivity index (χ1v) is 7.30. The minimum atomic E-state index is 0.126. The van der Waals surface area contributed by atoms with Gasteiger partial charge in [0.2, 0.25) is 5.91 Å². The Morgan fingerprint density at radius 3 is 2.70 bits per heavy atom. The monoisotopic (exact) mass is 316 g/mol. The van der Waals surface area contributed by atoms with Gasteiger partial charge in [0.15, 0.2) is 0 Å². The fourth-order valence-corrected chi connectivity index (χ4v) is 2.61. The first-order valence-electron chi connectivity index (χ1n) is 6.54. The number of halogens is 2. The maximum atomic E-state index is 12.1. The lowest BCUT2D eigenvalue weighted by molar-refractivity contribution is -0.136. The molecule has 0 bridgehead atoms. The molecule has 0 radical (unpaired) electrons. The third-order valence-corrected chi connectivity index (χ3v) is 3.81. The third-order valence-electron chi connectivity index (χ3n) is 3.22. The Morgan fingerprint density at radius 1 is 1.35 bits per heavy atom. The zero-order chi connectivity index (χ0) is 14.5. The summed E-state index contributed by atoms with van der Waals surface area (Å²) < 4.78 is 5.24. The van der Waals surface area contributed by atoms with Gasteiger partial charge in [-0.3, -0.25) is 9.69 Å². The van der Waals surface area contributed by atoms with E-state index in [0.717, 1.165) is 5.56 Å². The number of rotatable bonds is 4. The van der Waals surface area contributed by atoms with Crippen LogP contribution in [0.4, 0.5) is 0 Å².